The molecule has 3 N–H and O–H groups in total. The molecule has 11 heteroatoms. The summed E-state index contributed by atoms with van der Waals surface area (Å²) in [5.41, 5.74) is 2.45. The van der Waals surface area contributed by atoms with Crippen LogP contribution in [0.4, 0.5) is 23.1 Å². The third kappa shape index (κ3) is 4.09. The van der Waals surface area contributed by atoms with Crippen LogP contribution >= 0.6 is 0 Å². The minimum absolute atomic E-state index is 0.393. The number of rotatable bonds is 5. The predicted molar refractivity (Wildman–Crippen MR) is 103 cm³/mol. The quantitative estimate of drug-likeness (QED) is 0.596. The van der Waals surface area contributed by atoms with Gasteiger partial charge in [-0.2, -0.15) is 9.97 Å². The molecule has 1 aliphatic heterocycles. The third-order valence-corrected chi connectivity index (χ3v) is 4.60. The van der Waals surface area contributed by atoms with Gasteiger partial charge in [-0.15, -0.1) is 0 Å². The number of aromatic nitrogens is 4. The highest BCUT2D eigenvalue weighted by Crippen LogP contribution is 2.25. The average molecular weight is 389 g/mol. The van der Waals surface area contributed by atoms with Gasteiger partial charge in [0.1, 0.15) is 0 Å². The smallest absolute Gasteiger partial charge is 0.231 e. The molecule has 0 atom stereocenters. The summed E-state index contributed by atoms with van der Waals surface area (Å²) in [4.78, 5) is 18.5. The van der Waals surface area contributed by atoms with Gasteiger partial charge in [0, 0.05) is 18.8 Å². The lowest BCUT2D eigenvalue weighted by Crippen LogP contribution is -2.37. The molecule has 0 spiro atoms. The SMILES string of the molecule is CS(=O)(=O)Nc1cccc(Nc2nc(N3CCOCC3)c3nc[nH]c3n2)c1. The molecule has 3 aromatic rings. The minimum atomic E-state index is -3.35. The van der Waals surface area contributed by atoms with Crippen LogP contribution in [0.15, 0.2) is 30.6 Å². The largest absolute Gasteiger partial charge is 0.378 e. The Labute approximate surface area is 156 Å². The lowest BCUT2D eigenvalue weighted by Gasteiger charge is -2.28. The van der Waals surface area contributed by atoms with E-state index in [1.54, 1.807) is 24.5 Å². The zero-order chi connectivity index (χ0) is 18.9. The summed E-state index contributed by atoms with van der Waals surface area (Å²) in [6.45, 7) is 2.73. The van der Waals surface area contributed by atoms with Gasteiger partial charge in [0.05, 0.1) is 31.5 Å². The first-order valence-electron chi connectivity index (χ1n) is 8.37. The Morgan fingerprint density at radius 3 is 2.74 bits per heavy atom. The summed E-state index contributed by atoms with van der Waals surface area (Å²) in [6, 6.07) is 6.90. The molecule has 10 nitrogen and oxygen atoms in total. The Bertz CT molecular complexity index is 1060. The van der Waals surface area contributed by atoms with Gasteiger partial charge < -0.3 is 19.9 Å². The molecule has 27 heavy (non-hydrogen) atoms. The number of imidazole rings is 1. The van der Waals surface area contributed by atoms with Gasteiger partial charge >= 0.3 is 0 Å². The Balaban J connectivity index is 1.65. The third-order valence-electron chi connectivity index (χ3n) is 3.99. The van der Waals surface area contributed by atoms with E-state index in [1.165, 1.54) is 0 Å². The second kappa shape index (κ2) is 7.00. The van der Waals surface area contributed by atoms with Crippen LogP contribution in [0.2, 0.25) is 0 Å². The standard InChI is InChI=1S/C16H19N7O3S/c1-27(24,25)22-12-4-2-3-11(9-12)19-16-20-14-13(17-10-18-14)15(21-16)23-5-7-26-8-6-23/h2-4,9-10,22H,5-8H2,1H3,(H2,17,18,19,20,21). The highest BCUT2D eigenvalue weighted by atomic mass is 32.2. The number of ether oxygens (including phenoxy) is 1. The van der Waals surface area contributed by atoms with Crippen LogP contribution in [0.25, 0.3) is 11.2 Å². The van der Waals surface area contributed by atoms with Crippen molar-refractivity contribution in [1.29, 1.82) is 0 Å². The van der Waals surface area contributed by atoms with E-state index in [4.69, 9.17) is 4.74 Å². The second-order valence-corrected chi connectivity index (χ2v) is 7.90. The van der Waals surface area contributed by atoms with Crippen molar-refractivity contribution in [1.82, 2.24) is 19.9 Å². The zero-order valence-corrected chi connectivity index (χ0v) is 15.5. The van der Waals surface area contributed by atoms with Gasteiger partial charge in [0.2, 0.25) is 16.0 Å². The van der Waals surface area contributed by atoms with E-state index in [9.17, 15) is 8.42 Å². The van der Waals surface area contributed by atoms with Crippen molar-refractivity contribution < 1.29 is 13.2 Å². The maximum absolute atomic E-state index is 11.4. The molecule has 1 aliphatic rings. The summed E-state index contributed by atoms with van der Waals surface area (Å²) < 4.78 is 30.7. The second-order valence-electron chi connectivity index (χ2n) is 6.15. The van der Waals surface area contributed by atoms with Gasteiger partial charge in [-0.3, -0.25) is 4.72 Å². The lowest BCUT2D eigenvalue weighted by molar-refractivity contribution is 0.122. The molecule has 0 amide bonds. The van der Waals surface area contributed by atoms with Crippen molar-refractivity contribution in [3.63, 3.8) is 0 Å². The summed E-state index contributed by atoms with van der Waals surface area (Å²) in [5.74, 6) is 1.13. The molecule has 0 bridgehead atoms. The van der Waals surface area contributed by atoms with E-state index in [0.29, 0.717) is 41.7 Å². The maximum atomic E-state index is 11.4. The number of nitrogens with one attached hydrogen (secondary N) is 3. The van der Waals surface area contributed by atoms with Crippen LogP contribution in [0.3, 0.4) is 0 Å². The topological polar surface area (TPSA) is 125 Å². The fourth-order valence-electron chi connectivity index (χ4n) is 2.88. The minimum Gasteiger partial charge on any atom is -0.378 e. The van der Waals surface area contributed by atoms with E-state index >= 15 is 0 Å². The van der Waals surface area contributed by atoms with Crippen LogP contribution in [-0.4, -0.2) is 60.9 Å². The van der Waals surface area contributed by atoms with Gasteiger partial charge in [0.25, 0.3) is 0 Å². The molecular weight excluding hydrogens is 370 g/mol. The van der Waals surface area contributed by atoms with Crippen LogP contribution in [0, 0.1) is 0 Å². The number of hydrogen-bond acceptors (Lipinski definition) is 8. The molecule has 142 valence electrons. The zero-order valence-electron chi connectivity index (χ0n) is 14.6. The predicted octanol–water partition coefficient (Wildman–Crippen LogP) is 1.30. The number of fused-ring (bicyclic) bond motifs is 1. The Kier molecular flexibility index (Phi) is 4.54. The Morgan fingerprint density at radius 1 is 1.19 bits per heavy atom. The van der Waals surface area contributed by atoms with Crippen LogP contribution in [-0.2, 0) is 14.8 Å². The van der Waals surface area contributed by atoms with Crippen molar-refractivity contribution in [3.05, 3.63) is 30.6 Å². The number of morpholine rings is 1. The van der Waals surface area contributed by atoms with Crippen molar-refractivity contribution in [2.24, 2.45) is 0 Å². The molecule has 3 heterocycles. The molecule has 0 unspecified atom stereocenters. The fourth-order valence-corrected chi connectivity index (χ4v) is 3.43. The molecule has 4 rings (SSSR count). The van der Waals surface area contributed by atoms with Crippen molar-refractivity contribution in [2.75, 3.05) is 47.5 Å². The average Bonchev–Trinajstić information content (AvgIpc) is 3.09. The van der Waals surface area contributed by atoms with Crippen LogP contribution in [0.5, 0.6) is 0 Å². The Hall–Kier alpha value is -2.92. The molecule has 1 aromatic carbocycles. The number of H-pyrrole nitrogens is 1. The molecule has 1 fully saturated rings. The van der Waals surface area contributed by atoms with Gasteiger partial charge in [0.15, 0.2) is 17.0 Å². The molecular formula is C16H19N7O3S. The van der Waals surface area contributed by atoms with E-state index in [-0.39, 0.29) is 0 Å². The monoisotopic (exact) mass is 389 g/mol. The molecule has 0 saturated carbocycles. The summed E-state index contributed by atoms with van der Waals surface area (Å²) in [5, 5.41) is 3.13. The van der Waals surface area contributed by atoms with Gasteiger partial charge in [-0.1, -0.05) is 6.07 Å². The molecule has 1 saturated heterocycles. The number of hydrogen-bond donors (Lipinski definition) is 3. The number of benzene rings is 1. The van der Waals surface area contributed by atoms with Crippen molar-refractivity contribution in [3.8, 4) is 0 Å². The summed E-state index contributed by atoms with van der Waals surface area (Å²) >= 11 is 0. The van der Waals surface area contributed by atoms with Crippen LogP contribution in [0.1, 0.15) is 0 Å². The molecule has 0 aliphatic carbocycles. The number of aromatic amines is 1. The van der Waals surface area contributed by atoms with Crippen LogP contribution < -0.4 is 14.9 Å². The number of anilines is 4. The van der Waals surface area contributed by atoms with E-state index in [0.717, 1.165) is 25.2 Å². The highest BCUT2D eigenvalue weighted by molar-refractivity contribution is 7.92. The molecule has 0 radical (unpaired) electrons. The van der Waals surface area contributed by atoms with Gasteiger partial charge in [-0.25, -0.2) is 13.4 Å². The number of sulfonamides is 1. The van der Waals surface area contributed by atoms with Crippen molar-refractivity contribution in [2.45, 2.75) is 0 Å². The summed E-state index contributed by atoms with van der Waals surface area (Å²) in [7, 11) is -3.35. The fraction of sp³-hybridized carbons (Fsp3) is 0.312. The Morgan fingerprint density at radius 2 is 1.96 bits per heavy atom. The highest BCUT2D eigenvalue weighted by Gasteiger charge is 2.19. The number of nitrogens with zero attached hydrogens (tertiary/aromatic N) is 4. The first-order valence-corrected chi connectivity index (χ1v) is 10.3. The maximum Gasteiger partial charge on any atom is 0.231 e. The lowest BCUT2D eigenvalue weighted by atomic mass is 10.3. The van der Waals surface area contributed by atoms with Crippen molar-refractivity contribution >= 4 is 44.3 Å². The summed E-state index contributed by atoms with van der Waals surface area (Å²) in [6.07, 6.45) is 2.70. The first-order chi connectivity index (χ1) is 13.0. The van der Waals surface area contributed by atoms with E-state index in [2.05, 4.69) is 34.9 Å². The first kappa shape index (κ1) is 17.5. The van der Waals surface area contributed by atoms with E-state index < -0.39 is 10.0 Å². The molecule has 2 aromatic heterocycles. The normalized spacial score (nSPS) is 15.1. The van der Waals surface area contributed by atoms with Gasteiger partial charge in [-0.05, 0) is 18.2 Å². The van der Waals surface area contributed by atoms with E-state index in [1.807, 2.05) is 6.07 Å².